The lowest BCUT2D eigenvalue weighted by atomic mass is 10.2. The van der Waals surface area contributed by atoms with Gasteiger partial charge in [-0.05, 0) is 42.0 Å². The molecule has 0 saturated carbocycles. The third-order valence-corrected chi connectivity index (χ3v) is 3.51. The Labute approximate surface area is 127 Å². The number of halogens is 2. The van der Waals surface area contributed by atoms with Crippen LogP contribution in [0.2, 0.25) is 0 Å². The molecule has 0 amide bonds. The summed E-state index contributed by atoms with van der Waals surface area (Å²) in [7, 11) is 0. The Morgan fingerprint density at radius 1 is 1.10 bits per heavy atom. The minimum Gasteiger partial charge on any atom is -0.457 e. The van der Waals surface area contributed by atoms with Gasteiger partial charge in [-0.1, -0.05) is 35.8 Å². The van der Waals surface area contributed by atoms with Crippen molar-refractivity contribution in [1.82, 2.24) is 5.32 Å². The number of nitrogens with one attached hydrogen (secondary N) is 1. The van der Waals surface area contributed by atoms with Crippen LogP contribution in [0.4, 0.5) is 4.39 Å². The van der Waals surface area contributed by atoms with E-state index in [4.69, 9.17) is 4.74 Å². The standard InChI is InChI=1S/C16H17BrFNO/c1-11(2)19-10-12-3-6-15(9-16(12)17)20-14-7-4-13(18)5-8-14/h3-9,11,19H,10H2,1-2H3. The van der Waals surface area contributed by atoms with Crippen LogP contribution in [0.15, 0.2) is 46.9 Å². The maximum atomic E-state index is 12.8. The molecule has 106 valence electrons. The summed E-state index contributed by atoms with van der Waals surface area (Å²) in [5.74, 6) is 1.07. The molecular weight excluding hydrogens is 321 g/mol. The summed E-state index contributed by atoms with van der Waals surface area (Å²) < 4.78 is 19.5. The van der Waals surface area contributed by atoms with Crippen molar-refractivity contribution in [2.75, 3.05) is 0 Å². The fourth-order valence-corrected chi connectivity index (χ4v) is 2.19. The quantitative estimate of drug-likeness (QED) is 0.839. The van der Waals surface area contributed by atoms with Gasteiger partial charge in [-0.2, -0.15) is 0 Å². The van der Waals surface area contributed by atoms with E-state index in [-0.39, 0.29) is 5.82 Å². The summed E-state index contributed by atoms with van der Waals surface area (Å²) >= 11 is 3.54. The Kier molecular flexibility index (Phi) is 5.15. The van der Waals surface area contributed by atoms with Crippen LogP contribution in [0.25, 0.3) is 0 Å². The third kappa shape index (κ3) is 4.32. The van der Waals surface area contributed by atoms with Gasteiger partial charge in [0.1, 0.15) is 17.3 Å². The summed E-state index contributed by atoms with van der Waals surface area (Å²) in [6.45, 7) is 5.02. The molecule has 20 heavy (non-hydrogen) atoms. The normalized spacial score (nSPS) is 10.8. The van der Waals surface area contributed by atoms with Gasteiger partial charge in [0.05, 0.1) is 0 Å². The molecule has 2 aromatic rings. The maximum absolute atomic E-state index is 12.8. The van der Waals surface area contributed by atoms with Gasteiger partial charge in [-0.15, -0.1) is 0 Å². The summed E-state index contributed by atoms with van der Waals surface area (Å²) in [4.78, 5) is 0. The number of hydrogen-bond acceptors (Lipinski definition) is 2. The van der Waals surface area contributed by atoms with Gasteiger partial charge in [0, 0.05) is 17.1 Å². The first-order valence-corrected chi connectivity index (χ1v) is 7.29. The van der Waals surface area contributed by atoms with Crippen molar-refractivity contribution < 1.29 is 9.13 Å². The lowest BCUT2D eigenvalue weighted by molar-refractivity contribution is 0.479. The Morgan fingerprint density at radius 2 is 1.75 bits per heavy atom. The molecule has 2 rings (SSSR count). The Hall–Kier alpha value is -1.39. The zero-order valence-corrected chi connectivity index (χ0v) is 13.1. The minimum absolute atomic E-state index is 0.270. The summed E-state index contributed by atoms with van der Waals surface area (Å²) in [6.07, 6.45) is 0. The smallest absolute Gasteiger partial charge is 0.128 e. The molecule has 0 fully saturated rings. The van der Waals surface area contributed by atoms with Crippen molar-refractivity contribution >= 4 is 15.9 Å². The Morgan fingerprint density at radius 3 is 2.35 bits per heavy atom. The van der Waals surface area contributed by atoms with Crippen LogP contribution in [-0.2, 0) is 6.54 Å². The molecule has 0 aliphatic rings. The highest BCUT2D eigenvalue weighted by atomic mass is 79.9. The van der Waals surface area contributed by atoms with Gasteiger partial charge in [-0.3, -0.25) is 0 Å². The van der Waals surface area contributed by atoms with E-state index in [1.807, 2.05) is 18.2 Å². The van der Waals surface area contributed by atoms with Gasteiger partial charge >= 0.3 is 0 Å². The number of benzene rings is 2. The molecule has 0 radical (unpaired) electrons. The largest absolute Gasteiger partial charge is 0.457 e. The summed E-state index contributed by atoms with van der Waals surface area (Å²) in [5, 5.41) is 3.37. The van der Waals surface area contributed by atoms with E-state index in [0.717, 1.165) is 16.8 Å². The van der Waals surface area contributed by atoms with Crippen LogP contribution in [0.5, 0.6) is 11.5 Å². The molecule has 0 aromatic heterocycles. The summed E-state index contributed by atoms with van der Waals surface area (Å²) in [6, 6.07) is 12.3. The number of ether oxygens (including phenoxy) is 1. The molecule has 1 N–H and O–H groups in total. The van der Waals surface area contributed by atoms with Crippen molar-refractivity contribution in [3.63, 3.8) is 0 Å². The molecule has 0 atom stereocenters. The monoisotopic (exact) mass is 337 g/mol. The molecule has 0 bridgehead atoms. The van der Waals surface area contributed by atoms with E-state index in [9.17, 15) is 4.39 Å². The molecule has 0 aliphatic heterocycles. The van der Waals surface area contributed by atoms with Gasteiger partial charge in [0.2, 0.25) is 0 Å². The molecule has 2 nitrogen and oxygen atoms in total. The lowest BCUT2D eigenvalue weighted by Gasteiger charge is -2.11. The van der Waals surface area contributed by atoms with Crippen molar-refractivity contribution in [3.8, 4) is 11.5 Å². The maximum Gasteiger partial charge on any atom is 0.128 e. The second-order valence-electron chi connectivity index (χ2n) is 4.84. The third-order valence-electron chi connectivity index (χ3n) is 2.77. The zero-order valence-electron chi connectivity index (χ0n) is 11.5. The van der Waals surface area contributed by atoms with Gasteiger partial charge < -0.3 is 10.1 Å². The molecule has 0 aliphatic carbocycles. The van der Waals surface area contributed by atoms with E-state index in [1.165, 1.54) is 17.7 Å². The minimum atomic E-state index is -0.270. The van der Waals surface area contributed by atoms with Crippen molar-refractivity contribution in [2.45, 2.75) is 26.4 Å². The Bertz CT molecular complexity index is 569. The van der Waals surface area contributed by atoms with E-state index in [1.54, 1.807) is 12.1 Å². The van der Waals surface area contributed by atoms with Gasteiger partial charge in [0.25, 0.3) is 0 Å². The van der Waals surface area contributed by atoms with Gasteiger partial charge in [0.15, 0.2) is 0 Å². The molecule has 2 aromatic carbocycles. The molecule has 0 heterocycles. The van der Waals surface area contributed by atoms with E-state index in [0.29, 0.717) is 11.8 Å². The van der Waals surface area contributed by atoms with Crippen LogP contribution < -0.4 is 10.1 Å². The van der Waals surface area contributed by atoms with Crippen molar-refractivity contribution in [3.05, 3.63) is 58.3 Å². The van der Waals surface area contributed by atoms with Crippen molar-refractivity contribution in [1.29, 1.82) is 0 Å². The van der Waals surface area contributed by atoms with Crippen LogP contribution >= 0.6 is 15.9 Å². The molecular formula is C16H17BrFNO. The summed E-state index contributed by atoms with van der Waals surface area (Å²) in [5.41, 5.74) is 1.17. The average Bonchev–Trinajstić information content (AvgIpc) is 2.40. The predicted octanol–water partition coefficient (Wildman–Crippen LogP) is 4.88. The second kappa shape index (κ2) is 6.86. The zero-order chi connectivity index (χ0) is 14.5. The second-order valence-corrected chi connectivity index (χ2v) is 5.70. The lowest BCUT2D eigenvalue weighted by Crippen LogP contribution is -2.21. The van der Waals surface area contributed by atoms with Crippen LogP contribution in [0.1, 0.15) is 19.4 Å². The fourth-order valence-electron chi connectivity index (χ4n) is 1.69. The highest BCUT2D eigenvalue weighted by molar-refractivity contribution is 9.10. The molecule has 0 spiro atoms. The molecule has 0 unspecified atom stereocenters. The topological polar surface area (TPSA) is 21.3 Å². The predicted molar refractivity (Wildman–Crippen MR) is 82.6 cm³/mol. The fraction of sp³-hybridized carbons (Fsp3) is 0.250. The molecule has 0 saturated heterocycles. The van der Waals surface area contributed by atoms with Crippen molar-refractivity contribution in [2.24, 2.45) is 0 Å². The van der Waals surface area contributed by atoms with E-state index < -0.39 is 0 Å². The number of hydrogen-bond donors (Lipinski definition) is 1. The van der Waals surface area contributed by atoms with Crippen LogP contribution in [0.3, 0.4) is 0 Å². The van der Waals surface area contributed by atoms with E-state index >= 15 is 0 Å². The van der Waals surface area contributed by atoms with Crippen LogP contribution in [0, 0.1) is 5.82 Å². The van der Waals surface area contributed by atoms with Gasteiger partial charge in [-0.25, -0.2) is 4.39 Å². The highest BCUT2D eigenvalue weighted by Crippen LogP contribution is 2.27. The average molecular weight is 338 g/mol. The Balaban J connectivity index is 2.06. The first-order valence-electron chi connectivity index (χ1n) is 6.50. The van der Waals surface area contributed by atoms with E-state index in [2.05, 4.69) is 35.1 Å². The highest BCUT2D eigenvalue weighted by Gasteiger charge is 2.04. The SMILES string of the molecule is CC(C)NCc1ccc(Oc2ccc(F)cc2)cc1Br. The first kappa shape index (κ1) is 15.0. The first-order chi connectivity index (χ1) is 9.54. The van der Waals surface area contributed by atoms with Crippen LogP contribution in [-0.4, -0.2) is 6.04 Å². The molecule has 4 heteroatoms. The number of rotatable bonds is 5.